The molecule has 0 amide bonds. The van der Waals surface area contributed by atoms with Crippen LogP contribution in [0, 0.1) is 5.41 Å². The van der Waals surface area contributed by atoms with Gasteiger partial charge < -0.3 is 59.4 Å². The molecule has 0 spiro atoms. The number of hydrogen-bond donors (Lipinski definition) is 8. The molecular formula is C33H36N2O13. The quantitative estimate of drug-likeness (QED) is 0.170. The number of ether oxygens (including phenoxy) is 5. The Bertz CT molecular complexity index is 1650. The average Bonchev–Trinajstić information content (AvgIpc) is 3.47. The van der Waals surface area contributed by atoms with Crippen LogP contribution in [0.2, 0.25) is 0 Å². The Balaban J connectivity index is 1.27. The van der Waals surface area contributed by atoms with Crippen LogP contribution in [0.3, 0.4) is 0 Å². The van der Waals surface area contributed by atoms with E-state index in [4.69, 9.17) is 29.1 Å². The molecule has 2 aromatic carbocycles. The van der Waals surface area contributed by atoms with Crippen molar-refractivity contribution in [1.29, 1.82) is 5.41 Å². The van der Waals surface area contributed by atoms with Gasteiger partial charge in [-0.15, -0.1) is 0 Å². The van der Waals surface area contributed by atoms with E-state index in [1.54, 1.807) is 36.4 Å². The van der Waals surface area contributed by atoms with Gasteiger partial charge in [0.1, 0.15) is 53.1 Å². The van der Waals surface area contributed by atoms with Gasteiger partial charge in [-0.2, -0.15) is 0 Å². The Morgan fingerprint density at radius 2 is 1.75 bits per heavy atom. The molecule has 15 heteroatoms. The molecule has 1 saturated carbocycles. The van der Waals surface area contributed by atoms with Gasteiger partial charge in [-0.3, -0.25) is 5.41 Å². The highest BCUT2D eigenvalue weighted by molar-refractivity contribution is 6.14. The molecular weight excluding hydrogens is 632 g/mol. The van der Waals surface area contributed by atoms with Gasteiger partial charge in [0.2, 0.25) is 17.8 Å². The van der Waals surface area contributed by atoms with Crippen LogP contribution in [-0.4, -0.2) is 96.4 Å². The van der Waals surface area contributed by atoms with Crippen molar-refractivity contribution in [1.82, 2.24) is 0 Å². The first-order valence-corrected chi connectivity index (χ1v) is 15.5. The molecule has 48 heavy (non-hydrogen) atoms. The summed E-state index contributed by atoms with van der Waals surface area (Å²) >= 11 is 0. The predicted molar refractivity (Wildman–Crippen MR) is 167 cm³/mol. The molecule has 0 aromatic heterocycles. The summed E-state index contributed by atoms with van der Waals surface area (Å²) in [7, 11) is 0. The first-order chi connectivity index (χ1) is 22.9. The van der Waals surface area contributed by atoms with Crippen molar-refractivity contribution in [3.8, 4) is 28.7 Å². The zero-order valence-corrected chi connectivity index (χ0v) is 25.6. The number of aromatic hydroxyl groups is 1. The lowest BCUT2D eigenvalue weighted by molar-refractivity contribution is -0.271. The normalized spacial score (nSPS) is 27.7. The molecule has 256 valence electrons. The number of nitrogens with zero attached hydrogens (tertiary/aromatic N) is 1. The van der Waals surface area contributed by atoms with Crippen LogP contribution in [0.15, 0.2) is 53.6 Å². The molecule has 1 saturated heterocycles. The molecule has 15 nitrogen and oxygen atoms in total. The van der Waals surface area contributed by atoms with Crippen LogP contribution in [0.5, 0.6) is 28.7 Å². The molecule has 3 heterocycles. The van der Waals surface area contributed by atoms with E-state index in [-0.39, 0.29) is 41.5 Å². The second-order valence-corrected chi connectivity index (χ2v) is 12.0. The lowest BCUT2D eigenvalue weighted by atomic mass is 9.94. The Labute approximate surface area is 274 Å². The number of fused-ring (bicyclic) bond motifs is 1. The summed E-state index contributed by atoms with van der Waals surface area (Å²) in [5.74, 6) is -4.53. The van der Waals surface area contributed by atoms with Gasteiger partial charge in [-0.1, -0.05) is 18.6 Å². The zero-order valence-electron chi connectivity index (χ0n) is 25.6. The molecule has 3 aliphatic heterocycles. The van der Waals surface area contributed by atoms with Gasteiger partial charge in [-0.25, -0.2) is 9.79 Å². The number of benzene rings is 2. The maximum absolute atomic E-state index is 11.7. The molecule has 1 aliphatic carbocycles. The highest BCUT2D eigenvalue weighted by atomic mass is 16.7. The summed E-state index contributed by atoms with van der Waals surface area (Å²) in [6.45, 7) is 0.341. The van der Waals surface area contributed by atoms with Crippen molar-refractivity contribution < 1.29 is 64.2 Å². The number of rotatable bonds is 10. The Kier molecular flexibility index (Phi) is 9.31. The SMILES string of the molecule is N=C1C=CC(CCOc2ccc(C3C=C(O)c4c(cc(OC5OC(C(=O)O)C(O)C(O)C5O)c(OC5(O)CCCCC5)c4O)O3)cc2)=N1. The average molecular weight is 669 g/mol. The zero-order chi connectivity index (χ0) is 34.2. The van der Waals surface area contributed by atoms with E-state index >= 15 is 0 Å². The minimum atomic E-state index is -1.97. The number of aliphatic imine (C=N–C) groups is 1. The fraction of sp³-hybridized carbons (Fsp3) is 0.424. The van der Waals surface area contributed by atoms with Gasteiger partial charge in [0.15, 0.2) is 17.6 Å². The number of phenols is 1. The van der Waals surface area contributed by atoms with Crippen LogP contribution in [-0.2, 0) is 9.53 Å². The van der Waals surface area contributed by atoms with Crippen LogP contribution in [0.25, 0.3) is 5.76 Å². The first kappa shape index (κ1) is 33.2. The third-order valence-electron chi connectivity index (χ3n) is 8.52. The van der Waals surface area contributed by atoms with Crippen molar-refractivity contribution in [2.45, 2.75) is 81.1 Å². The highest BCUT2D eigenvalue weighted by Crippen LogP contribution is 2.52. The number of nitrogens with one attached hydrogen (secondary N) is 1. The van der Waals surface area contributed by atoms with E-state index in [0.29, 0.717) is 37.2 Å². The number of carbonyl (C=O) groups is 1. The Hall–Kier alpha value is -4.67. The van der Waals surface area contributed by atoms with Gasteiger partial charge in [0.05, 0.1) is 6.61 Å². The summed E-state index contributed by atoms with van der Waals surface area (Å²) in [5, 5.41) is 81.7. The minimum Gasteiger partial charge on any atom is -0.507 e. The number of aliphatic carboxylic acids is 1. The van der Waals surface area contributed by atoms with Crippen LogP contribution in [0.4, 0.5) is 0 Å². The second kappa shape index (κ2) is 13.4. The lowest BCUT2D eigenvalue weighted by Crippen LogP contribution is -2.61. The number of hydrogen-bond acceptors (Lipinski definition) is 13. The van der Waals surface area contributed by atoms with E-state index in [9.17, 15) is 40.5 Å². The third kappa shape index (κ3) is 6.81. The third-order valence-corrected chi connectivity index (χ3v) is 8.52. The summed E-state index contributed by atoms with van der Waals surface area (Å²) in [4.78, 5) is 15.7. The van der Waals surface area contributed by atoms with E-state index in [1.165, 1.54) is 12.1 Å². The molecule has 0 radical (unpaired) electrons. The van der Waals surface area contributed by atoms with Gasteiger partial charge in [0.25, 0.3) is 0 Å². The standard InChI is InChI=1S/C33H36N2O13/c34-23-9-6-17(35-23)10-13-44-18-7-4-16(5-8-18)20-14-19(36)24-21(45-20)15-22(29(25(24)37)48-33(43)11-2-1-3-12-33)46-32-28(40)26(38)27(39)30(47-32)31(41)42/h4-9,14-15,20,26-28,30,32,34,36-40,43H,1-3,10-13H2,(H,41,42). The molecule has 2 aromatic rings. The summed E-state index contributed by atoms with van der Waals surface area (Å²) in [6, 6.07) is 8.07. The second-order valence-electron chi connectivity index (χ2n) is 12.0. The molecule has 4 aliphatic rings. The van der Waals surface area contributed by atoms with E-state index in [0.717, 1.165) is 12.1 Å². The smallest absolute Gasteiger partial charge is 0.335 e. The largest absolute Gasteiger partial charge is 0.507 e. The van der Waals surface area contributed by atoms with Gasteiger partial charge in [-0.05, 0) is 42.7 Å². The fourth-order valence-corrected chi connectivity index (χ4v) is 5.93. The predicted octanol–water partition coefficient (Wildman–Crippen LogP) is 2.48. The minimum absolute atomic E-state index is 0.0903. The highest BCUT2D eigenvalue weighted by Gasteiger charge is 2.49. The fourth-order valence-electron chi connectivity index (χ4n) is 5.93. The van der Waals surface area contributed by atoms with E-state index in [2.05, 4.69) is 4.99 Å². The van der Waals surface area contributed by atoms with E-state index < -0.39 is 60.1 Å². The Morgan fingerprint density at radius 3 is 2.42 bits per heavy atom. The van der Waals surface area contributed by atoms with Crippen molar-refractivity contribution >= 4 is 23.3 Å². The maximum Gasteiger partial charge on any atom is 0.335 e. The number of aliphatic hydroxyl groups is 5. The number of phenolic OH excluding ortho intramolecular Hbond substituents is 1. The summed E-state index contributed by atoms with van der Waals surface area (Å²) in [5.41, 5.74) is 1.18. The van der Waals surface area contributed by atoms with Crippen molar-refractivity contribution in [3.05, 3.63) is 59.7 Å². The number of allylic oxidation sites excluding steroid dienone is 1. The van der Waals surface area contributed by atoms with E-state index in [1.807, 2.05) is 0 Å². The van der Waals surface area contributed by atoms with Crippen molar-refractivity contribution in [3.63, 3.8) is 0 Å². The van der Waals surface area contributed by atoms with Gasteiger partial charge >= 0.3 is 5.97 Å². The number of aliphatic hydroxyl groups excluding tert-OH is 4. The van der Waals surface area contributed by atoms with Crippen molar-refractivity contribution in [2.24, 2.45) is 4.99 Å². The summed E-state index contributed by atoms with van der Waals surface area (Å²) < 4.78 is 28.9. The molecule has 6 atom stereocenters. The van der Waals surface area contributed by atoms with Crippen LogP contribution in [0.1, 0.15) is 55.8 Å². The van der Waals surface area contributed by atoms with Crippen molar-refractivity contribution in [2.75, 3.05) is 6.61 Å². The lowest BCUT2D eigenvalue weighted by Gasteiger charge is -2.39. The molecule has 6 rings (SSSR count). The topological polar surface area (TPSA) is 241 Å². The number of carboxylic acids is 1. The first-order valence-electron chi connectivity index (χ1n) is 15.5. The molecule has 2 fully saturated rings. The van der Waals surface area contributed by atoms with Crippen LogP contribution < -0.4 is 18.9 Å². The number of amidine groups is 1. The Morgan fingerprint density at radius 1 is 1.02 bits per heavy atom. The molecule has 8 N–H and O–H groups in total. The van der Waals surface area contributed by atoms with Crippen LogP contribution >= 0.6 is 0 Å². The van der Waals surface area contributed by atoms with Gasteiger partial charge in [0, 0.05) is 37.1 Å². The molecule has 0 bridgehead atoms. The molecule has 6 unspecified atom stereocenters. The maximum atomic E-state index is 11.7. The number of carboxylic acid groups (broad SMARTS) is 1. The monoisotopic (exact) mass is 668 g/mol. The summed E-state index contributed by atoms with van der Waals surface area (Å²) in [6.07, 6.45) is -2.76.